The highest BCUT2D eigenvalue weighted by Gasteiger charge is 2.17. The molecule has 0 spiro atoms. The summed E-state index contributed by atoms with van der Waals surface area (Å²) in [5.74, 6) is 2.08. The minimum atomic E-state index is -0.147. The summed E-state index contributed by atoms with van der Waals surface area (Å²) < 4.78 is 5.26. The van der Waals surface area contributed by atoms with Crippen LogP contribution >= 0.6 is 0 Å². The maximum absolute atomic E-state index is 12.7. The van der Waals surface area contributed by atoms with Gasteiger partial charge in [0.25, 0.3) is 0 Å². The molecular weight excluding hydrogens is 414 g/mol. The molecule has 0 bridgehead atoms. The van der Waals surface area contributed by atoms with Gasteiger partial charge in [0.1, 0.15) is 11.5 Å². The molecule has 0 aliphatic heterocycles. The van der Waals surface area contributed by atoms with E-state index in [1.54, 1.807) is 37.6 Å². The van der Waals surface area contributed by atoms with Crippen molar-refractivity contribution in [2.24, 2.45) is 5.92 Å². The van der Waals surface area contributed by atoms with Gasteiger partial charge in [-0.1, -0.05) is 44.2 Å². The summed E-state index contributed by atoms with van der Waals surface area (Å²) in [5.41, 5.74) is 3.40. The highest BCUT2D eigenvalue weighted by atomic mass is 16.5. The molecule has 2 N–H and O–H groups in total. The number of rotatable bonds is 8. The molecule has 0 saturated heterocycles. The lowest BCUT2D eigenvalue weighted by Crippen LogP contribution is -2.18. The Kier molecular flexibility index (Phi) is 7.55. The van der Waals surface area contributed by atoms with Crippen LogP contribution in [0.15, 0.2) is 54.7 Å². The van der Waals surface area contributed by atoms with Gasteiger partial charge in [0.05, 0.1) is 31.1 Å². The average Bonchev–Trinajstić information content (AvgIpc) is 2.85. The first kappa shape index (κ1) is 22.8. The number of nitrogens with one attached hydrogen (secondary N) is 1. The van der Waals surface area contributed by atoms with Gasteiger partial charge in [0.2, 0.25) is 5.91 Å². The second kappa shape index (κ2) is 10.9. The Morgan fingerprint density at radius 1 is 1.06 bits per heavy atom. The first-order valence-electron chi connectivity index (χ1n) is 11.7. The molecule has 1 aliphatic rings. The summed E-state index contributed by atoms with van der Waals surface area (Å²) in [6, 6.07) is 14.4. The van der Waals surface area contributed by atoms with Crippen LogP contribution in [0.3, 0.4) is 0 Å². The number of amides is 1. The predicted octanol–water partition coefficient (Wildman–Crippen LogP) is 5.55. The largest absolute Gasteiger partial charge is 0.508 e. The van der Waals surface area contributed by atoms with Crippen LogP contribution in [0.4, 0.5) is 5.82 Å². The molecule has 2 aromatic carbocycles. The molecule has 33 heavy (non-hydrogen) atoms. The number of carbonyl (C=O) groups excluding carboxylic acids is 1. The summed E-state index contributed by atoms with van der Waals surface area (Å²) in [4.78, 5) is 22.2. The van der Waals surface area contributed by atoms with E-state index >= 15 is 0 Å². The monoisotopic (exact) mass is 445 g/mol. The van der Waals surface area contributed by atoms with Gasteiger partial charge in [-0.15, -0.1) is 0 Å². The normalized spacial score (nSPS) is 14.1. The third kappa shape index (κ3) is 6.31. The van der Waals surface area contributed by atoms with Crippen molar-refractivity contribution >= 4 is 11.7 Å². The number of aryl methyl sites for hydroxylation is 1. The van der Waals surface area contributed by atoms with E-state index in [1.165, 1.54) is 32.1 Å². The fraction of sp³-hybridized carbons (Fsp3) is 0.370. The number of benzene rings is 2. The SMILES string of the molecule is COc1ccc(-c2cnc(NC(=O)Cc3ccc(O)cc3)c(CCC3CCCCC3)n2)cc1. The van der Waals surface area contributed by atoms with E-state index in [4.69, 9.17) is 9.72 Å². The molecule has 1 fully saturated rings. The van der Waals surface area contributed by atoms with Crippen molar-refractivity contribution in [3.63, 3.8) is 0 Å². The number of phenols is 1. The molecule has 1 aliphatic carbocycles. The lowest BCUT2D eigenvalue weighted by atomic mass is 9.86. The van der Waals surface area contributed by atoms with Gasteiger partial charge in [-0.05, 0) is 60.7 Å². The van der Waals surface area contributed by atoms with Crippen LogP contribution in [0.5, 0.6) is 11.5 Å². The van der Waals surface area contributed by atoms with Crippen LogP contribution in [-0.2, 0) is 17.6 Å². The number of nitrogens with zero attached hydrogens (tertiary/aromatic N) is 2. The summed E-state index contributed by atoms with van der Waals surface area (Å²) >= 11 is 0. The molecule has 1 aromatic heterocycles. The molecule has 0 atom stereocenters. The van der Waals surface area contributed by atoms with Crippen molar-refractivity contribution in [1.82, 2.24) is 9.97 Å². The van der Waals surface area contributed by atoms with Gasteiger partial charge in [-0.2, -0.15) is 0 Å². The van der Waals surface area contributed by atoms with Gasteiger partial charge in [-0.3, -0.25) is 4.79 Å². The molecule has 0 radical (unpaired) electrons. The van der Waals surface area contributed by atoms with E-state index in [0.717, 1.165) is 41.1 Å². The Hall–Kier alpha value is -3.41. The number of carbonyl (C=O) groups is 1. The van der Waals surface area contributed by atoms with Gasteiger partial charge < -0.3 is 15.2 Å². The maximum atomic E-state index is 12.7. The Balaban J connectivity index is 1.52. The summed E-state index contributed by atoms with van der Waals surface area (Å²) in [7, 11) is 1.65. The quantitative estimate of drug-likeness (QED) is 0.475. The van der Waals surface area contributed by atoms with Crippen LogP contribution in [0, 0.1) is 5.92 Å². The molecule has 1 heterocycles. The number of methoxy groups -OCH3 is 1. The van der Waals surface area contributed by atoms with E-state index in [2.05, 4.69) is 10.3 Å². The molecule has 6 nitrogen and oxygen atoms in total. The Labute approximate surface area is 195 Å². The van der Waals surface area contributed by atoms with E-state index in [-0.39, 0.29) is 18.1 Å². The van der Waals surface area contributed by atoms with Crippen molar-refractivity contribution in [3.8, 4) is 22.8 Å². The van der Waals surface area contributed by atoms with Crippen LogP contribution in [0.25, 0.3) is 11.3 Å². The zero-order valence-electron chi connectivity index (χ0n) is 19.1. The zero-order valence-corrected chi connectivity index (χ0v) is 19.1. The van der Waals surface area contributed by atoms with Gasteiger partial charge in [0, 0.05) is 5.56 Å². The van der Waals surface area contributed by atoms with Gasteiger partial charge in [0.15, 0.2) is 5.82 Å². The van der Waals surface area contributed by atoms with Crippen molar-refractivity contribution in [1.29, 1.82) is 0 Å². The fourth-order valence-electron chi connectivity index (χ4n) is 4.40. The summed E-state index contributed by atoms with van der Waals surface area (Å²) in [6.07, 6.45) is 10.3. The topological polar surface area (TPSA) is 84.3 Å². The van der Waals surface area contributed by atoms with Crippen molar-refractivity contribution in [2.45, 2.75) is 51.4 Å². The average molecular weight is 446 g/mol. The Bertz CT molecular complexity index is 1060. The van der Waals surface area contributed by atoms with Crippen LogP contribution < -0.4 is 10.1 Å². The Morgan fingerprint density at radius 3 is 2.48 bits per heavy atom. The lowest BCUT2D eigenvalue weighted by Gasteiger charge is -2.21. The highest BCUT2D eigenvalue weighted by Crippen LogP contribution is 2.29. The molecule has 1 amide bonds. The number of aromatic nitrogens is 2. The summed E-state index contributed by atoms with van der Waals surface area (Å²) in [5, 5.41) is 12.4. The molecule has 3 aromatic rings. The lowest BCUT2D eigenvalue weighted by molar-refractivity contribution is -0.115. The number of phenolic OH excluding ortho intramolecular Hbond substituents is 1. The van der Waals surface area contributed by atoms with Crippen LogP contribution in [-0.4, -0.2) is 28.1 Å². The second-order valence-corrected chi connectivity index (χ2v) is 8.71. The molecule has 1 saturated carbocycles. The first-order chi connectivity index (χ1) is 16.1. The molecule has 172 valence electrons. The van der Waals surface area contributed by atoms with E-state index in [1.807, 2.05) is 24.3 Å². The van der Waals surface area contributed by atoms with Gasteiger partial charge in [-0.25, -0.2) is 9.97 Å². The van der Waals surface area contributed by atoms with Crippen molar-refractivity contribution in [2.75, 3.05) is 12.4 Å². The third-order valence-electron chi connectivity index (χ3n) is 6.30. The molecular formula is C27H31N3O3. The molecule has 6 heteroatoms. The zero-order chi connectivity index (χ0) is 23.0. The van der Waals surface area contributed by atoms with E-state index < -0.39 is 0 Å². The predicted molar refractivity (Wildman–Crippen MR) is 129 cm³/mol. The second-order valence-electron chi connectivity index (χ2n) is 8.71. The summed E-state index contributed by atoms with van der Waals surface area (Å²) in [6.45, 7) is 0. The number of hydrogen-bond acceptors (Lipinski definition) is 5. The third-order valence-corrected chi connectivity index (χ3v) is 6.30. The smallest absolute Gasteiger partial charge is 0.229 e. The maximum Gasteiger partial charge on any atom is 0.229 e. The Morgan fingerprint density at radius 2 is 1.79 bits per heavy atom. The van der Waals surface area contributed by atoms with Crippen molar-refractivity contribution < 1.29 is 14.6 Å². The molecule has 0 unspecified atom stereocenters. The first-order valence-corrected chi connectivity index (χ1v) is 11.7. The highest BCUT2D eigenvalue weighted by molar-refractivity contribution is 5.92. The molecule has 4 rings (SSSR count). The number of anilines is 1. The standard InChI is InChI=1S/C27H31N3O3/c1-33-23-14-10-21(11-15-23)25-18-28-27(24(29-25)16-9-19-5-3-2-4-6-19)30-26(32)17-20-7-12-22(31)13-8-20/h7-8,10-15,18-19,31H,2-6,9,16-17H2,1H3,(H,28,30,32). The van der Waals surface area contributed by atoms with Crippen LogP contribution in [0.2, 0.25) is 0 Å². The van der Waals surface area contributed by atoms with E-state index in [0.29, 0.717) is 11.7 Å². The van der Waals surface area contributed by atoms with Crippen molar-refractivity contribution in [3.05, 3.63) is 66.0 Å². The van der Waals surface area contributed by atoms with Crippen LogP contribution in [0.1, 0.15) is 49.8 Å². The number of aromatic hydroxyl groups is 1. The fourth-order valence-corrected chi connectivity index (χ4v) is 4.40. The minimum Gasteiger partial charge on any atom is -0.508 e. The number of ether oxygens (including phenoxy) is 1. The van der Waals surface area contributed by atoms with E-state index in [9.17, 15) is 9.90 Å². The van der Waals surface area contributed by atoms with Gasteiger partial charge >= 0.3 is 0 Å². The minimum absolute atomic E-state index is 0.147. The number of hydrogen-bond donors (Lipinski definition) is 2.